The lowest BCUT2D eigenvalue weighted by molar-refractivity contribution is -0.887. The van der Waals surface area contributed by atoms with Gasteiger partial charge >= 0.3 is 17.9 Å². The number of hydrogen-bond acceptors (Lipinski definition) is 6. The zero-order chi connectivity index (χ0) is 33.6. The van der Waals surface area contributed by atoms with E-state index >= 15 is 0 Å². The molecule has 254 valence electrons. The van der Waals surface area contributed by atoms with Crippen molar-refractivity contribution in [2.75, 3.05) is 41.0 Å². The third-order valence-corrected chi connectivity index (χ3v) is 6.63. The number of esters is 2. The highest BCUT2D eigenvalue weighted by molar-refractivity contribution is 5.72. The van der Waals surface area contributed by atoms with E-state index in [9.17, 15) is 19.5 Å². The van der Waals surface area contributed by atoms with E-state index in [0.29, 0.717) is 19.3 Å². The lowest BCUT2D eigenvalue weighted by Gasteiger charge is -2.31. The normalized spacial score (nSPS) is 14.1. The second-order valence-electron chi connectivity index (χ2n) is 11.7. The largest absolute Gasteiger partial charge is 0.477 e. The lowest BCUT2D eigenvalue weighted by Crippen LogP contribution is -2.50. The Bertz CT molecular complexity index is 970. The summed E-state index contributed by atoms with van der Waals surface area (Å²) in [6, 6.07) is -0.626. The predicted molar refractivity (Wildman–Crippen MR) is 183 cm³/mol. The highest BCUT2D eigenvalue weighted by Gasteiger charge is 2.31. The molecule has 0 saturated carbocycles. The van der Waals surface area contributed by atoms with Gasteiger partial charge in [-0.1, -0.05) is 93.2 Å². The molecule has 8 heteroatoms. The number of quaternary nitrogens is 1. The number of allylic oxidation sites excluding steroid dienone is 12. The van der Waals surface area contributed by atoms with Gasteiger partial charge in [0.05, 0.1) is 34.4 Å². The van der Waals surface area contributed by atoms with Crippen molar-refractivity contribution in [3.63, 3.8) is 0 Å². The Morgan fingerprint density at radius 3 is 1.67 bits per heavy atom. The molecule has 0 aromatic heterocycles. The van der Waals surface area contributed by atoms with Gasteiger partial charge in [0.15, 0.2) is 12.1 Å². The Hall–Kier alpha value is -3.23. The molecule has 0 radical (unpaired) electrons. The number of carboxylic acids is 1. The average Bonchev–Trinajstić information content (AvgIpc) is 2.98. The van der Waals surface area contributed by atoms with Crippen LogP contribution in [-0.2, 0) is 28.6 Å². The summed E-state index contributed by atoms with van der Waals surface area (Å²) in [5, 5.41) is 9.49. The minimum atomic E-state index is -0.895. The highest BCUT2D eigenvalue weighted by atomic mass is 16.6. The molecule has 0 saturated heterocycles. The quantitative estimate of drug-likeness (QED) is 0.0430. The van der Waals surface area contributed by atoms with Crippen molar-refractivity contribution in [2.45, 2.75) is 103 Å². The van der Waals surface area contributed by atoms with Gasteiger partial charge in [0, 0.05) is 19.3 Å². The lowest BCUT2D eigenvalue weighted by atomic mass is 10.1. The Morgan fingerprint density at radius 1 is 0.689 bits per heavy atom. The summed E-state index contributed by atoms with van der Waals surface area (Å²) in [5.74, 6) is -1.64. The van der Waals surface area contributed by atoms with Crippen LogP contribution in [0, 0.1) is 0 Å². The van der Waals surface area contributed by atoms with E-state index in [1.165, 1.54) is 0 Å². The molecular formula is C37H60NO7+. The molecule has 0 aromatic rings. The van der Waals surface area contributed by atoms with Crippen molar-refractivity contribution in [1.82, 2.24) is 0 Å². The maximum Gasteiger partial charge on any atom is 0.362 e. The van der Waals surface area contributed by atoms with Crippen LogP contribution in [0.15, 0.2) is 72.9 Å². The predicted octanol–water partition coefficient (Wildman–Crippen LogP) is 7.68. The molecule has 0 aliphatic heterocycles. The van der Waals surface area contributed by atoms with Crippen LogP contribution in [0.5, 0.6) is 0 Å². The van der Waals surface area contributed by atoms with Crippen LogP contribution in [0.1, 0.15) is 90.9 Å². The molecule has 1 N–H and O–H groups in total. The zero-order valence-corrected chi connectivity index (χ0v) is 28.5. The van der Waals surface area contributed by atoms with E-state index in [1.807, 2.05) is 40.2 Å². The molecule has 0 aromatic carbocycles. The molecule has 0 aliphatic rings. The fraction of sp³-hybridized carbons (Fsp3) is 0.595. The third kappa shape index (κ3) is 26.9. The van der Waals surface area contributed by atoms with Crippen LogP contribution in [0.4, 0.5) is 0 Å². The number of ether oxygens (including phenoxy) is 3. The van der Waals surface area contributed by atoms with E-state index in [0.717, 1.165) is 51.4 Å². The smallest absolute Gasteiger partial charge is 0.362 e. The molecule has 0 rings (SSSR count). The second-order valence-corrected chi connectivity index (χ2v) is 11.7. The van der Waals surface area contributed by atoms with Gasteiger partial charge in [0.25, 0.3) is 0 Å². The number of hydrogen-bond donors (Lipinski definition) is 1. The summed E-state index contributed by atoms with van der Waals surface area (Å²) in [4.78, 5) is 36.0. The van der Waals surface area contributed by atoms with Gasteiger partial charge in [-0.15, -0.1) is 0 Å². The fourth-order valence-electron chi connectivity index (χ4n) is 4.03. The summed E-state index contributed by atoms with van der Waals surface area (Å²) in [5.41, 5.74) is 0. The van der Waals surface area contributed by atoms with Gasteiger partial charge in [0.2, 0.25) is 0 Å². The fourth-order valence-corrected chi connectivity index (χ4v) is 4.03. The minimum absolute atomic E-state index is 0.0240. The van der Waals surface area contributed by atoms with Crippen LogP contribution < -0.4 is 0 Å². The summed E-state index contributed by atoms with van der Waals surface area (Å²) in [6.07, 6.45) is 33.5. The van der Waals surface area contributed by atoms with Gasteiger partial charge < -0.3 is 23.8 Å². The van der Waals surface area contributed by atoms with Gasteiger partial charge in [0.1, 0.15) is 6.61 Å². The van der Waals surface area contributed by atoms with Gasteiger partial charge in [-0.3, -0.25) is 9.59 Å². The monoisotopic (exact) mass is 630 g/mol. The first kappa shape index (κ1) is 41.8. The molecule has 0 aliphatic carbocycles. The summed E-state index contributed by atoms with van der Waals surface area (Å²) in [6.45, 7) is 4.25. The first-order chi connectivity index (χ1) is 21.6. The Kier molecular flexibility index (Phi) is 26.2. The van der Waals surface area contributed by atoms with Crippen LogP contribution in [-0.4, -0.2) is 80.6 Å². The minimum Gasteiger partial charge on any atom is -0.477 e. The van der Waals surface area contributed by atoms with Gasteiger partial charge in [-0.05, 0) is 51.4 Å². The zero-order valence-electron chi connectivity index (χ0n) is 28.5. The molecule has 0 heterocycles. The average molecular weight is 631 g/mol. The van der Waals surface area contributed by atoms with Crippen LogP contribution in [0.3, 0.4) is 0 Å². The number of unbranched alkanes of at least 4 members (excludes halogenated alkanes) is 1. The van der Waals surface area contributed by atoms with Gasteiger partial charge in [-0.25, -0.2) is 4.79 Å². The Morgan fingerprint density at radius 2 is 1.20 bits per heavy atom. The van der Waals surface area contributed by atoms with E-state index in [1.54, 1.807) is 0 Å². The molecular weight excluding hydrogens is 570 g/mol. The number of carbonyl (C=O) groups excluding carboxylic acids is 2. The number of carbonyl (C=O) groups is 3. The number of rotatable bonds is 27. The molecule has 45 heavy (non-hydrogen) atoms. The van der Waals surface area contributed by atoms with E-state index in [4.69, 9.17) is 14.2 Å². The summed E-state index contributed by atoms with van der Waals surface area (Å²) >= 11 is 0. The molecule has 0 spiro atoms. The SMILES string of the molecule is CC/C=C\C/C=C\C/C=C\C/C=C\C/C=C\C/C=C\CCC(=O)OC(COCCC(C(=O)O)[N+](C)(C)C)COC(=O)CCCC. The topological polar surface area (TPSA) is 99.1 Å². The molecule has 2 atom stereocenters. The molecule has 8 nitrogen and oxygen atoms in total. The first-order valence-corrected chi connectivity index (χ1v) is 16.5. The van der Waals surface area contributed by atoms with Crippen molar-refractivity contribution in [3.05, 3.63) is 72.9 Å². The van der Waals surface area contributed by atoms with E-state index in [2.05, 4.69) is 67.7 Å². The van der Waals surface area contributed by atoms with Crippen molar-refractivity contribution in [3.8, 4) is 0 Å². The van der Waals surface area contributed by atoms with Crippen LogP contribution >= 0.6 is 0 Å². The summed E-state index contributed by atoms with van der Waals surface area (Å²) < 4.78 is 16.8. The van der Waals surface area contributed by atoms with Crippen LogP contribution in [0.2, 0.25) is 0 Å². The Labute approximate surface area is 272 Å². The highest BCUT2D eigenvalue weighted by Crippen LogP contribution is 2.10. The molecule has 2 unspecified atom stereocenters. The number of nitrogens with zero attached hydrogens (tertiary/aromatic N) is 1. The van der Waals surface area contributed by atoms with Gasteiger partial charge in [-0.2, -0.15) is 0 Å². The van der Waals surface area contributed by atoms with Crippen molar-refractivity contribution < 1.29 is 38.2 Å². The number of aliphatic carboxylic acids is 1. The van der Waals surface area contributed by atoms with Crippen LogP contribution in [0.25, 0.3) is 0 Å². The second kappa shape index (κ2) is 28.3. The number of carboxylic acid groups (broad SMARTS) is 1. The van der Waals surface area contributed by atoms with Crippen molar-refractivity contribution in [2.24, 2.45) is 0 Å². The maximum atomic E-state index is 12.4. The molecule has 0 amide bonds. The summed E-state index contributed by atoms with van der Waals surface area (Å²) in [7, 11) is 5.45. The Balaban J connectivity index is 4.39. The first-order valence-electron chi connectivity index (χ1n) is 16.5. The van der Waals surface area contributed by atoms with E-state index in [-0.39, 0.29) is 36.7 Å². The van der Waals surface area contributed by atoms with E-state index < -0.39 is 24.1 Å². The number of likely N-dealkylation sites (N-methyl/N-ethyl adjacent to an activating group) is 1. The molecule has 0 fully saturated rings. The maximum absolute atomic E-state index is 12.4. The van der Waals surface area contributed by atoms with Crippen molar-refractivity contribution in [1.29, 1.82) is 0 Å². The standard InChI is InChI=1S/C37H59NO7/c1-6-8-10-11-12-13-14-15-16-17-18-19-20-21-22-23-24-25-26-28-36(40)45-33(32-44-35(39)27-9-7-2)31-43-30-29-34(37(41)42)38(3,4)5/h8,10,12-13,15-16,18-19,21-22,24-25,33-34H,6-7,9,11,14,17,20,23,26-32H2,1-5H3/p+1/b10-8-,13-12-,16-15-,19-18-,22-21-,25-24-. The molecule has 0 bridgehead atoms. The third-order valence-electron chi connectivity index (χ3n) is 6.63. The van der Waals surface area contributed by atoms with Crippen molar-refractivity contribution >= 4 is 17.9 Å².